The Morgan fingerprint density at radius 2 is 1.86 bits per heavy atom. The number of rotatable bonds is 10. The van der Waals surface area contributed by atoms with Crippen molar-refractivity contribution in [3.63, 3.8) is 0 Å². The minimum Gasteiger partial charge on any atom is -0.492 e. The Hall–Kier alpha value is -4.27. The van der Waals surface area contributed by atoms with Gasteiger partial charge < -0.3 is 27.3 Å². The summed E-state index contributed by atoms with van der Waals surface area (Å²) in [5.74, 6) is -1.91. The minimum absolute atomic E-state index is 0.00736. The van der Waals surface area contributed by atoms with E-state index < -0.39 is 38.2 Å². The highest BCUT2D eigenvalue weighted by Crippen LogP contribution is 2.37. The first kappa shape index (κ1) is 27.3. The first-order valence-corrected chi connectivity index (χ1v) is 11.9. The average Bonchev–Trinajstić information content (AvgIpc) is 2.80. The van der Waals surface area contributed by atoms with Gasteiger partial charge in [0.05, 0.1) is 29.1 Å². The third-order valence-corrected chi connectivity index (χ3v) is 5.65. The van der Waals surface area contributed by atoms with Gasteiger partial charge in [-0.3, -0.25) is 14.8 Å². The van der Waals surface area contributed by atoms with E-state index >= 15 is 0 Å². The predicted molar refractivity (Wildman–Crippen MR) is 132 cm³/mol. The summed E-state index contributed by atoms with van der Waals surface area (Å²) in [5, 5.41) is 31.6. The highest BCUT2D eigenvalue weighted by molar-refractivity contribution is 7.94. The normalized spacial score (nSPS) is 11.4. The zero-order chi connectivity index (χ0) is 27.2. The molecule has 0 aliphatic rings. The number of benzene rings is 2. The molecule has 1 aromatic heterocycles. The second-order valence-electron chi connectivity index (χ2n) is 6.86. The highest BCUT2D eigenvalue weighted by atomic mass is 32.2. The maximum Gasteiger partial charge on any atom is 0.296 e. The zero-order valence-electron chi connectivity index (χ0n) is 18.6. The van der Waals surface area contributed by atoms with Crippen molar-refractivity contribution in [1.82, 2.24) is 9.97 Å². The van der Waals surface area contributed by atoms with E-state index in [4.69, 9.17) is 16.7 Å². The van der Waals surface area contributed by atoms with E-state index in [1.54, 1.807) is 24.3 Å². The van der Waals surface area contributed by atoms with Gasteiger partial charge >= 0.3 is 0 Å². The van der Waals surface area contributed by atoms with Crippen molar-refractivity contribution in [2.24, 2.45) is 10.2 Å². The van der Waals surface area contributed by atoms with Gasteiger partial charge in [-0.2, -0.15) is 18.4 Å². The van der Waals surface area contributed by atoms with Crippen molar-refractivity contribution in [2.75, 3.05) is 27.6 Å². The Bertz CT molecular complexity index is 1430. The number of aromatic nitrogens is 2. The van der Waals surface area contributed by atoms with E-state index in [9.17, 15) is 22.9 Å². The highest BCUT2D eigenvalue weighted by Gasteiger charge is 2.21. The molecule has 0 aliphatic carbocycles. The zero-order valence-corrected chi connectivity index (χ0v) is 20.2. The third kappa shape index (κ3) is 7.36. The van der Waals surface area contributed by atoms with Crippen LogP contribution in [0.5, 0.6) is 5.88 Å². The molecule has 0 saturated heterocycles. The van der Waals surface area contributed by atoms with Crippen LogP contribution in [0.3, 0.4) is 0 Å². The lowest BCUT2D eigenvalue weighted by Crippen LogP contribution is -2.14. The number of azo groups is 1. The number of amides is 1. The number of nitrogens with two attached hydrogens (primary N) is 2. The Kier molecular flexibility index (Phi) is 8.60. The van der Waals surface area contributed by atoms with Gasteiger partial charge in [-0.05, 0) is 30.3 Å². The monoisotopic (exact) mass is 553 g/mol. The maximum absolute atomic E-state index is 12.1. The van der Waals surface area contributed by atoms with Crippen LogP contribution in [-0.4, -0.2) is 39.2 Å². The molecule has 0 unspecified atom stereocenters. The lowest BCUT2D eigenvalue weighted by atomic mass is 10.2. The van der Waals surface area contributed by atoms with Gasteiger partial charge in [0.1, 0.15) is 10.6 Å². The molecule has 0 atom stereocenters. The largest absolute Gasteiger partial charge is 0.492 e. The van der Waals surface area contributed by atoms with E-state index in [1.165, 1.54) is 6.92 Å². The molecule has 3 rings (SSSR count). The number of hydrazine groups is 1. The van der Waals surface area contributed by atoms with Crippen LogP contribution < -0.4 is 27.6 Å². The number of nitrogens with zero attached hydrogens (tertiary/aromatic N) is 4. The Morgan fingerprint density at radius 1 is 1.11 bits per heavy atom. The number of carbonyl (C=O) groups excluding carboxylic acids is 1. The molecule has 0 radical (unpaired) electrons. The van der Waals surface area contributed by atoms with Gasteiger partial charge in [0.2, 0.25) is 17.7 Å². The van der Waals surface area contributed by atoms with Gasteiger partial charge in [0.15, 0.2) is 11.5 Å². The molecule has 3 aromatic rings. The number of nitrogen functional groups attached to an aromatic ring is 2. The first-order valence-electron chi connectivity index (χ1n) is 9.71. The molecule has 0 aliphatic heterocycles. The molecule has 37 heavy (non-hydrogen) atoms. The van der Waals surface area contributed by atoms with Gasteiger partial charge in [-0.1, -0.05) is 11.1 Å². The lowest BCUT2D eigenvalue weighted by molar-refractivity contribution is -0.432. The van der Waals surface area contributed by atoms with E-state index in [2.05, 4.69) is 45.7 Å². The Balaban J connectivity index is 2.01. The molecule has 19 heteroatoms. The number of nitrogens with one attached hydrogen (secondary N) is 3. The molecule has 196 valence electrons. The van der Waals surface area contributed by atoms with Gasteiger partial charge in [-0.15, -0.1) is 14.6 Å². The molecule has 0 saturated carbocycles. The summed E-state index contributed by atoms with van der Waals surface area (Å²) in [5.41, 5.74) is 16.2. The SMILES string of the molecule is CC(=O)Nc1cc(/N=N/c2c(N)nc(N)nc2O)c(S(=O)(=O)O)cc1NNc1cccc(SOOO)c1. The number of aromatic hydroxyl groups is 1. The van der Waals surface area contributed by atoms with Crippen LogP contribution >= 0.6 is 12.0 Å². The average molecular weight is 554 g/mol. The summed E-state index contributed by atoms with van der Waals surface area (Å²) in [6.45, 7) is 1.21. The molecule has 17 nitrogen and oxygen atoms in total. The second kappa shape index (κ2) is 11.6. The van der Waals surface area contributed by atoms with E-state index in [0.717, 1.165) is 12.1 Å². The summed E-state index contributed by atoms with van der Waals surface area (Å²) in [4.78, 5) is 18.7. The molecule has 1 heterocycles. The minimum atomic E-state index is -4.87. The van der Waals surface area contributed by atoms with Crippen molar-refractivity contribution in [1.29, 1.82) is 0 Å². The van der Waals surface area contributed by atoms with E-state index in [1.807, 2.05) is 0 Å². The Morgan fingerprint density at radius 3 is 2.51 bits per heavy atom. The standard InChI is InChI=1S/C18H19N9O8S2/c1-8(28)21-11-6-13(26-27-15-16(19)22-18(20)23-17(15)29)14(37(31,32)33)7-12(11)25-24-9-3-2-4-10(5-9)36-35-34-30/h2-7,24-25,30H,1H3,(H,21,28)(H,31,32,33)(H5,19,20,22,23,29)/b27-26+. The first-order chi connectivity index (χ1) is 17.5. The topological polar surface area (TPSA) is 269 Å². The van der Waals surface area contributed by atoms with E-state index in [0.29, 0.717) is 22.6 Å². The number of hydrogen-bond acceptors (Lipinski definition) is 16. The Labute approximate surface area is 212 Å². The van der Waals surface area contributed by atoms with Crippen LogP contribution in [0.4, 0.5) is 40.2 Å². The summed E-state index contributed by atoms with van der Waals surface area (Å²) >= 11 is 0.707. The van der Waals surface area contributed by atoms with Gasteiger partial charge in [-0.25, -0.2) is 5.26 Å². The van der Waals surface area contributed by atoms with Gasteiger partial charge in [0, 0.05) is 11.8 Å². The molecular formula is C18H19N9O8S2. The fraction of sp³-hybridized carbons (Fsp3) is 0.0556. The van der Waals surface area contributed by atoms with Crippen LogP contribution in [0.15, 0.2) is 56.4 Å². The summed E-state index contributed by atoms with van der Waals surface area (Å²) in [7, 11) is -4.87. The second-order valence-corrected chi connectivity index (χ2v) is 9.03. The molecule has 0 spiro atoms. The van der Waals surface area contributed by atoms with Crippen molar-refractivity contribution < 1.29 is 37.5 Å². The summed E-state index contributed by atoms with van der Waals surface area (Å²) in [6, 6.07) is 8.56. The summed E-state index contributed by atoms with van der Waals surface area (Å²) in [6.07, 6.45) is 0. The number of hydrogen-bond donors (Lipinski definition) is 8. The van der Waals surface area contributed by atoms with Crippen LogP contribution in [0.1, 0.15) is 6.92 Å². The van der Waals surface area contributed by atoms with Crippen molar-refractivity contribution in [2.45, 2.75) is 16.7 Å². The molecule has 1 amide bonds. The van der Waals surface area contributed by atoms with Crippen molar-refractivity contribution in [3.05, 3.63) is 36.4 Å². The number of anilines is 5. The smallest absolute Gasteiger partial charge is 0.296 e. The summed E-state index contributed by atoms with van der Waals surface area (Å²) < 4.78 is 38.4. The lowest BCUT2D eigenvalue weighted by Gasteiger charge is -2.16. The fourth-order valence-corrected chi connectivity index (χ4v) is 3.80. The number of carbonyl (C=O) groups is 1. The molecule has 0 fully saturated rings. The van der Waals surface area contributed by atoms with Crippen molar-refractivity contribution in [3.8, 4) is 5.88 Å². The van der Waals surface area contributed by atoms with Crippen LogP contribution in [0, 0.1) is 0 Å². The maximum atomic E-state index is 12.1. The molecular weight excluding hydrogens is 534 g/mol. The van der Waals surface area contributed by atoms with Crippen LogP contribution in [-0.2, 0) is 24.3 Å². The van der Waals surface area contributed by atoms with Crippen molar-refractivity contribution >= 4 is 68.3 Å². The third-order valence-electron chi connectivity index (χ3n) is 4.19. The van der Waals surface area contributed by atoms with Gasteiger partial charge in [0.25, 0.3) is 10.1 Å². The molecule has 2 aromatic carbocycles. The quantitative estimate of drug-likeness (QED) is 0.0589. The van der Waals surface area contributed by atoms with E-state index in [-0.39, 0.29) is 23.1 Å². The molecule has 0 bridgehead atoms. The van der Waals surface area contributed by atoms with Crippen LogP contribution in [0.25, 0.3) is 0 Å². The van der Waals surface area contributed by atoms with Crippen LogP contribution in [0.2, 0.25) is 0 Å². The predicted octanol–water partition coefficient (Wildman–Crippen LogP) is 2.83. The fourth-order valence-electron chi connectivity index (χ4n) is 2.75. The molecule has 10 N–H and O–H groups in total.